The summed E-state index contributed by atoms with van der Waals surface area (Å²) in [6.07, 6.45) is 56.8. The van der Waals surface area contributed by atoms with Gasteiger partial charge in [0, 0.05) is 45.8 Å². The molecule has 0 rings (SSSR count). The van der Waals surface area contributed by atoms with Crippen molar-refractivity contribution in [1.29, 1.82) is 0 Å². The van der Waals surface area contributed by atoms with Crippen LogP contribution < -0.4 is 5.32 Å². The zero-order valence-electron chi connectivity index (χ0n) is 39.4. The van der Waals surface area contributed by atoms with Crippen LogP contribution in [0.5, 0.6) is 0 Å². The zero-order valence-corrected chi connectivity index (χ0v) is 39.4. The molecule has 3 atom stereocenters. The fourth-order valence-electron chi connectivity index (χ4n) is 7.08. The summed E-state index contributed by atoms with van der Waals surface area (Å²) in [5.41, 5.74) is 0. The molecule has 0 radical (unpaired) electrons. The van der Waals surface area contributed by atoms with Crippen LogP contribution in [0.25, 0.3) is 0 Å². The fraction of sp³-hybridized carbons (Fsp3) is 0.774. The molecular formula is C53H99N3O3. The van der Waals surface area contributed by atoms with Crippen molar-refractivity contribution < 1.29 is 15.3 Å². The van der Waals surface area contributed by atoms with Crippen LogP contribution in [0.4, 0.5) is 0 Å². The molecule has 3 unspecified atom stereocenters. The normalized spacial score (nSPS) is 14.4. The highest BCUT2D eigenvalue weighted by Crippen LogP contribution is 2.11. The van der Waals surface area contributed by atoms with E-state index in [1.165, 1.54) is 77.0 Å². The number of hydrogen-bond donors (Lipinski definition) is 4. The molecule has 59 heavy (non-hydrogen) atoms. The molecule has 0 aliphatic carbocycles. The number of rotatable bonds is 45. The number of likely N-dealkylation sites (N-methyl/N-ethyl adjacent to an activating group) is 1. The molecule has 0 spiro atoms. The van der Waals surface area contributed by atoms with Crippen LogP contribution in [0.15, 0.2) is 72.9 Å². The summed E-state index contributed by atoms with van der Waals surface area (Å²) >= 11 is 0. The first-order chi connectivity index (χ1) is 28.9. The van der Waals surface area contributed by atoms with E-state index in [4.69, 9.17) is 0 Å². The molecule has 0 aromatic rings. The standard InChI is InChI=1S/C53H99N3O3/c1-5-8-11-14-17-20-23-26-29-32-35-38-41-51(57)48-54-44-45-55(4)46-47-56(49-52(58)42-39-36-33-30-27-24-21-18-15-12-9-6-2)50-53(59)43-40-37-34-31-28-25-22-19-16-13-10-7-3/h17-22,26-31,51-54,57-59H,5-16,23-25,32-50H2,1-4H3/b20-17-,21-18-,22-19-,29-26-,30-27-,31-28-. The Bertz CT molecular complexity index is 973. The molecule has 0 saturated carbocycles. The predicted molar refractivity (Wildman–Crippen MR) is 261 cm³/mol. The SMILES string of the molecule is CCCCC/C=C\C/C=C\CCCCC(O)CNCCN(C)CCN(CC(O)CCCC/C=C\C/C=C\CCCCC)CC(O)CCCC/C=C\C/C=C\CCCCC. The summed E-state index contributed by atoms with van der Waals surface area (Å²) in [5, 5.41) is 36.0. The van der Waals surface area contributed by atoms with E-state index in [1.54, 1.807) is 0 Å². The van der Waals surface area contributed by atoms with Crippen molar-refractivity contribution in [2.75, 3.05) is 52.9 Å². The zero-order chi connectivity index (χ0) is 43.1. The van der Waals surface area contributed by atoms with Crippen molar-refractivity contribution in [3.8, 4) is 0 Å². The van der Waals surface area contributed by atoms with Crippen LogP contribution >= 0.6 is 0 Å². The number of aliphatic hydroxyl groups is 3. The Morgan fingerprint density at radius 2 is 0.746 bits per heavy atom. The maximum Gasteiger partial charge on any atom is 0.0667 e. The van der Waals surface area contributed by atoms with Gasteiger partial charge in [-0.2, -0.15) is 0 Å². The average Bonchev–Trinajstić information content (AvgIpc) is 3.22. The lowest BCUT2D eigenvalue weighted by molar-refractivity contribution is 0.0565. The van der Waals surface area contributed by atoms with E-state index in [9.17, 15) is 15.3 Å². The number of unbranched alkanes of at least 4 members (excludes halogenated alkanes) is 15. The lowest BCUT2D eigenvalue weighted by atomic mass is 10.1. The summed E-state index contributed by atoms with van der Waals surface area (Å²) in [6, 6.07) is 0. The monoisotopic (exact) mass is 826 g/mol. The number of hydrogen-bond acceptors (Lipinski definition) is 6. The predicted octanol–water partition coefficient (Wildman–Crippen LogP) is 12.8. The quantitative estimate of drug-likeness (QED) is 0.0362. The van der Waals surface area contributed by atoms with Crippen molar-refractivity contribution >= 4 is 0 Å². The van der Waals surface area contributed by atoms with E-state index in [0.29, 0.717) is 19.6 Å². The van der Waals surface area contributed by atoms with Gasteiger partial charge in [0.15, 0.2) is 0 Å². The van der Waals surface area contributed by atoms with Crippen LogP contribution in [0.3, 0.4) is 0 Å². The first-order valence-electron chi connectivity index (χ1n) is 25.0. The van der Waals surface area contributed by atoms with Crippen molar-refractivity contribution in [3.63, 3.8) is 0 Å². The Balaban J connectivity index is 4.53. The summed E-state index contributed by atoms with van der Waals surface area (Å²) < 4.78 is 0. The van der Waals surface area contributed by atoms with Crippen LogP contribution in [-0.4, -0.2) is 96.3 Å². The van der Waals surface area contributed by atoms with E-state index in [0.717, 1.165) is 122 Å². The summed E-state index contributed by atoms with van der Waals surface area (Å²) in [4.78, 5) is 4.60. The van der Waals surface area contributed by atoms with E-state index in [1.807, 2.05) is 0 Å². The largest absolute Gasteiger partial charge is 0.392 e. The van der Waals surface area contributed by atoms with Gasteiger partial charge in [0.2, 0.25) is 0 Å². The molecule has 0 aromatic carbocycles. The maximum absolute atomic E-state index is 11.0. The minimum Gasteiger partial charge on any atom is -0.392 e. The summed E-state index contributed by atoms with van der Waals surface area (Å²) in [6.45, 7) is 12.0. The lowest BCUT2D eigenvalue weighted by Crippen LogP contribution is -2.43. The van der Waals surface area contributed by atoms with Gasteiger partial charge in [-0.25, -0.2) is 0 Å². The number of aliphatic hydroxyl groups excluding tert-OH is 3. The molecule has 0 bridgehead atoms. The molecule has 0 amide bonds. The lowest BCUT2D eigenvalue weighted by Gasteiger charge is -2.29. The van der Waals surface area contributed by atoms with Crippen LogP contribution in [0.1, 0.15) is 194 Å². The van der Waals surface area contributed by atoms with Gasteiger partial charge >= 0.3 is 0 Å². The van der Waals surface area contributed by atoms with E-state index in [2.05, 4.69) is 116 Å². The molecule has 0 aromatic heterocycles. The van der Waals surface area contributed by atoms with Gasteiger partial charge in [0.25, 0.3) is 0 Å². The van der Waals surface area contributed by atoms with Gasteiger partial charge in [-0.05, 0) is 123 Å². The summed E-state index contributed by atoms with van der Waals surface area (Å²) in [5.74, 6) is 0. The van der Waals surface area contributed by atoms with Crippen LogP contribution in [0, 0.1) is 0 Å². The number of allylic oxidation sites excluding steroid dienone is 12. The van der Waals surface area contributed by atoms with E-state index >= 15 is 0 Å². The molecule has 0 aliphatic rings. The third-order valence-electron chi connectivity index (χ3n) is 11.0. The Morgan fingerprint density at radius 3 is 1.10 bits per heavy atom. The number of nitrogens with zero attached hydrogens (tertiary/aromatic N) is 2. The fourth-order valence-corrected chi connectivity index (χ4v) is 7.08. The molecule has 344 valence electrons. The first kappa shape index (κ1) is 57.2. The molecular weight excluding hydrogens is 727 g/mol. The first-order valence-corrected chi connectivity index (χ1v) is 25.0. The second-order valence-corrected chi connectivity index (χ2v) is 17.1. The highest BCUT2D eigenvalue weighted by atomic mass is 16.3. The molecule has 0 aliphatic heterocycles. The van der Waals surface area contributed by atoms with Gasteiger partial charge in [-0.1, -0.05) is 151 Å². The third kappa shape index (κ3) is 45.6. The highest BCUT2D eigenvalue weighted by molar-refractivity contribution is 4.94. The summed E-state index contributed by atoms with van der Waals surface area (Å²) in [7, 11) is 2.14. The minimum absolute atomic E-state index is 0.301. The second-order valence-electron chi connectivity index (χ2n) is 17.1. The van der Waals surface area contributed by atoms with Crippen molar-refractivity contribution in [1.82, 2.24) is 15.1 Å². The Labute approximate surface area is 367 Å². The van der Waals surface area contributed by atoms with Crippen molar-refractivity contribution in [2.24, 2.45) is 0 Å². The minimum atomic E-state index is -0.380. The van der Waals surface area contributed by atoms with Crippen LogP contribution in [-0.2, 0) is 0 Å². The van der Waals surface area contributed by atoms with Gasteiger partial charge in [-0.15, -0.1) is 0 Å². The Hall–Kier alpha value is -1.80. The second kappa shape index (κ2) is 47.3. The van der Waals surface area contributed by atoms with Gasteiger partial charge in [0.05, 0.1) is 18.3 Å². The smallest absolute Gasteiger partial charge is 0.0667 e. The average molecular weight is 826 g/mol. The molecule has 0 saturated heterocycles. The molecule has 6 heteroatoms. The topological polar surface area (TPSA) is 79.2 Å². The van der Waals surface area contributed by atoms with Crippen molar-refractivity contribution in [3.05, 3.63) is 72.9 Å². The Morgan fingerprint density at radius 1 is 0.407 bits per heavy atom. The van der Waals surface area contributed by atoms with Gasteiger partial charge in [0.1, 0.15) is 0 Å². The molecule has 6 nitrogen and oxygen atoms in total. The van der Waals surface area contributed by atoms with Gasteiger partial charge in [-0.3, -0.25) is 4.90 Å². The van der Waals surface area contributed by atoms with Crippen LogP contribution in [0.2, 0.25) is 0 Å². The highest BCUT2D eigenvalue weighted by Gasteiger charge is 2.16. The van der Waals surface area contributed by atoms with E-state index in [-0.39, 0.29) is 18.3 Å². The maximum atomic E-state index is 11.0. The van der Waals surface area contributed by atoms with Crippen molar-refractivity contribution in [2.45, 2.75) is 212 Å². The molecule has 0 fully saturated rings. The number of nitrogens with one attached hydrogen (secondary N) is 1. The third-order valence-corrected chi connectivity index (χ3v) is 11.0. The van der Waals surface area contributed by atoms with E-state index < -0.39 is 0 Å². The molecule has 0 heterocycles. The Kier molecular flexibility index (Phi) is 45.8. The van der Waals surface area contributed by atoms with Gasteiger partial charge < -0.3 is 25.5 Å². The molecule has 4 N–H and O–H groups in total.